The first kappa shape index (κ1) is 10.6. The number of carbonyl (C=O) groups excluding carboxylic acids is 1. The minimum atomic E-state index is 0.0699. The molecule has 4 heteroatoms. The van der Waals surface area contributed by atoms with Gasteiger partial charge in [0.1, 0.15) is 5.69 Å². The molecule has 0 aromatic carbocycles. The van der Waals surface area contributed by atoms with Crippen molar-refractivity contribution in [1.82, 2.24) is 9.88 Å². The molecule has 1 aliphatic heterocycles. The Morgan fingerprint density at radius 1 is 1.29 bits per heavy atom. The molecule has 1 saturated heterocycles. The summed E-state index contributed by atoms with van der Waals surface area (Å²) in [7, 11) is 0. The Bertz CT molecular complexity index is 405. The molecule has 1 saturated carbocycles. The van der Waals surface area contributed by atoms with E-state index in [4.69, 9.17) is 0 Å². The third-order valence-electron chi connectivity index (χ3n) is 3.32. The average molecular weight is 231 g/mol. The van der Waals surface area contributed by atoms with Crippen molar-refractivity contribution in [2.24, 2.45) is 0 Å². The van der Waals surface area contributed by atoms with Gasteiger partial charge in [0.25, 0.3) is 5.91 Å². The Hall–Kier alpha value is -1.58. The highest BCUT2D eigenvalue weighted by Gasteiger charge is 2.22. The van der Waals surface area contributed by atoms with Crippen LogP contribution in [0.5, 0.6) is 0 Å². The van der Waals surface area contributed by atoms with Gasteiger partial charge in [-0.2, -0.15) is 0 Å². The third kappa shape index (κ3) is 2.40. The number of likely N-dealkylation sites (tertiary alicyclic amines) is 1. The molecule has 1 N–H and O–H groups in total. The quantitative estimate of drug-likeness (QED) is 0.864. The summed E-state index contributed by atoms with van der Waals surface area (Å²) in [6, 6.07) is 4.40. The SMILES string of the molecule is O=C(c1ccc(NC2CC2)cn1)N1CCCC1. The first-order chi connectivity index (χ1) is 8.33. The molecular formula is C13H17N3O. The zero-order valence-corrected chi connectivity index (χ0v) is 9.85. The second-order valence-corrected chi connectivity index (χ2v) is 4.85. The van der Waals surface area contributed by atoms with Crippen molar-refractivity contribution in [2.45, 2.75) is 31.7 Å². The summed E-state index contributed by atoms with van der Waals surface area (Å²) in [6.07, 6.45) is 6.49. The van der Waals surface area contributed by atoms with E-state index in [0.29, 0.717) is 11.7 Å². The molecule has 1 aromatic rings. The largest absolute Gasteiger partial charge is 0.381 e. The van der Waals surface area contributed by atoms with E-state index in [1.165, 1.54) is 12.8 Å². The van der Waals surface area contributed by atoms with E-state index < -0.39 is 0 Å². The molecule has 2 aliphatic rings. The number of aromatic nitrogens is 1. The maximum atomic E-state index is 12.0. The van der Waals surface area contributed by atoms with Crippen LogP contribution in [0.1, 0.15) is 36.2 Å². The van der Waals surface area contributed by atoms with Gasteiger partial charge >= 0.3 is 0 Å². The predicted octanol–water partition coefficient (Wildman–Crippen LogP) is 1.89. The molecule has 4 nitrogen and oxygen atoms in total. The number of carbonyl (C=O) groups is 1. The van der Waals surface area contributed by atoms with Gasteiger partial charge in [0, 0.05) is 19.1 Å². The lowest BCUT2D eigenvalue weighted by Gasteiger charge is -2.14. The Kier molecular flexibility index (Phi) is 2.71. The van der Waals surface area contributed by atoms with Crippen LogP contribution < -0.4 is 5.32 Å². The van der Waals surface area contributed by atoms with Gasteiger partial charge in [0.2, 0.25) is 0 Å². The zero-order valence-electron chi connectivity index (χ0n) is 9.85. The molecule has 0 atom stereocenters. The van der Waals surface area contributed by atoms with Crippen molar-refractivity contribution < 1.29 is 4.79 Å². The van der Waals surface area contributed by atoms with Crippen LogP contribution in [-0.4, -0.2) is 34.9 Å². The minimum Gasteiger partial charge on any atom is -0.381 e. The maximum Gasteiger partial charge on any atom is 0.272 e. The van der Waals surface area contributed by atoms with E-state index in [9.17, 15) is 4.79 Å². The molecule has 90 valence electrons. The fourth-order valence-electron chi connectivity index (χ4n) is 2.15. The highest BCUT2D eigenvalue weighted by molar-refractivity contribution is 5.92. The van der Waals surface area contributed by atoms with E-state index >= 15 is 0 Å². The Morgan fingerprint density at radius 3 is 2.65 bits per heavy atom. The number of hydrogen-bond donors (Lipinski definition) is 1. The standard InChI is InChI=1S/C13H17N3O/c17-13(16-7-1-2-8-16)12-6-5-11(9-14-12)15-10-3-4-10/h5-6,9-10,15H,1-4,7-8H2. The highest BCUT2D eigenvalue weighted by Crippen LogP contribution is 2.24. The van der Waals surface area contributed by atoms with Gasteiger partial charge in [-0.15, -0.1) is 0 Å². The monoisotopic (exact) mass is 231 g/mol. The van der Waals surface area contributed by atoms with E-state index in [2.05, 4.69) is 10.3 Å². The molecule has 0 bridgehead atoms. The number of rotatable bonds is 3. The van der Waals surface area contributed by atoms with Crippen LogP contribution in [0.4, 0.5) is 5.69 Å². The summed E-state index contributed by atoms with van der Waals surface area (Å²) in [6.45, 7) is 1.76. The van der Waals surface area contributed by atoms with Crippen LogP contribution in [0.15, 0.2) is 18.3 Å². The summed E-state index contributed by atoms with van der Waals surface area (Å²) < 4.78 is 0. The zero-order chi connectivity index (χ0) is 11.7. The fraction of sp³-hybridized carbons (Fsp3) is 0.538. The van der Waals surface area contributed by atoms with Gasteiger partial charge in [-0.25, -0.2) is 4.98 Å². The van der Waals surface area contributed by atoms with Gasteiger partial charge < -0.3 is 10.2 Å². The van der Waals surface area contributed by atoms with E-state index in [1.54, 1.807) is 6.20 Å². The summed E-state index contributed by atoms with van der Waals surface area (Å²) in [5.74, 6) is 0.0699. The Balaban J connectivity index is 1.67. The molecule has 1 aliphatic carbocycles. The second-order valence-electron chi connectivity index (χ2n) is 4.85. The summed E-state index contributed by atoms with van der Waals surface area (Å²) in [5, 5.41) is 3.36. The second kappa shape index (κ2) is 4.35. The number of amides is 1. The van der Waals surface area contributed by atoms with Crippen LogP contribution in [0.25, 0.3) is 0 Å². The first-order valence-electron chi connectivity index (χ1n) is 6.35. The molecule has 1 amide bonds. The molecule has 2 heterocycles. The highest BCUT2D eigenvalue weighted by atomic mass is 16.2. The smallest absolute Gasteiger partial charge is 0.272 e. The summed E-state index contributed by atoms with van der Waals surface area (Å²) >= 11 is 0. The van der Waals surface area contributed by atoms with Gasteiger partial charge in [-0.3, -0.25) is 4.79 Å². The first-order valence-corrected chi connectivity index (χ1v) is 6.35. The van der Waals surface area contributed by atoms with E-state index in [0.717, 1.165) is 31.6 Å². The molecule has 0 spiro atoms. The number of hydrogen-bond acceptors (Lipinski definition) is 3. The molecule has 2 fully saturated rings. The van der Waals surface area contributed by atoms with Gasteiger partial charge in [-0.05, 0) is 37.8 Å². The van der Waals surface area contributed by atoms with Crippen molar-refractivity contribution in [1.29, 1.82) is 0 Å². The number of anilines is 1. The van der Waals surface area contributed by atoms with Crippen LogP contribution in [0.2, 0.25) is 0 Å². The van der Waals surface area contributed by atoms with Crippen molar-refractivity contribution in [3.63, 3.8) is 0 Å². The van der Waals surface area contributed by atoms with Crippen molar-refractivity contribution in [3.8, 4) is 0 Å². The molecule has 17 heavy (non-hydrogen) atoms. The summed E-state index contributed by atoms with van der Waals surface area (Å²) in [5.41, 5.74) is 1.58. The molecule has 3 rings (SSSR count). The Morgan fingerprint density at radius 2 is 2.06 bits per heavy atom. The van der Waals surface area contributed by atoms with E-state index in [-0.39, 0.29) is 5.91 Å². The topological polar surface area (TPSA) is 45.2 Å². The van der Waals surface area contributed by atoms with Crippen LogP contribution in [0, 0.1) is 0 Å². The van der Waals surface area contributed by atoms with Crippen molar-refractivity contribution in [3.05, 3.63) is 24.0 Å². The lowest BCUT2D eigenvalue weighted by atomic mass is 10.3. The van der Waals surface area contributed by atoms with Gasteiger partial charge in [0.15, 0.2) is 0 Å². The van der Waals surface area contributed by atoms with Gasteiger partial charge in [-0.1, -0.05) is 0 Å². The van der Waals surface area contributed by atoms with E-state index in [1.807, 2.05) is 17.0 Å². The molecular weight excluding hydrogens is 214 g/mol. The molecule has 0 radical (unpaired) electrons. The lowest BCUT2D eigenvalue weighted by molar-refractivity contribution is 0.0787. The van der Waals surface area contributed by atoms with Crippen LogP contribution in [0.3, 0.4) is 0 Å². The molecule has 0 unspecified atom stereocenters. The minimum absolute atomic E-state index is 0.0699. The van der Waals surface area contributed by atoms with Crippen LogP contribution >= 0.6 is 0 Å². The lowest BCUT2D eigenvalue weighted by Crippen LogP contribution is -2.28. The summed E-state index contributed by atoms with van der Waals surface area (Å²) in [4.78, 5) is 18.2. The number of pyridine rings is 1. The van der Waals surface area contributed by atoms with Crippen LogP contribution in [-0.2, 0) is 0 Å². The fourth-order valence-corrected chi connectivity index (χ4v) is 2.15. The van der Waals surface area contributed by atoms with Crippen molar-refractivity contribution >= 4 is 11.6 Å². The third-order valence-corrected chi connectivity index (χ3v) is 3.32. The van der Waals surface area contributed by atoms with Gasteiger partial charge in [0.05, 0.1) is 11.9 Å². The number of nitrogens with one attached hydrogen (secondary N) is 1. The number of nitrogens with zero attached hydrogens (tertiary/aromatic N) is 2. The Labute approximate surface area is 101 Å². The van der Waals surface area contributed by atoms with Crippen molar-refractivity contribution in [2.75, 3.05) is 18.4 Å². The maximum absolute atomic E-state index is 12.0. The predicted molar refractivity (Wildman–Crippen MR) is 66.0 cm³/mol. The average Bonchev–Trinajstić information content (AvgIpc) is 3.00. The molecule has 1 aromatic heterocycles. The normalized spacial score (nSPS) is 19.4.